The first-order chi connectivity index (χ1) is 8.88. The van der Waals surface area contributed by atoms with Crippen LogP contribution in [-0.4, -0.2) is 47.4 Å². The van der Waals surface area contributed by atoms with Crippen LogP contribution in [0.25, 0.3) is 0 Å². The molecule has 6 heteroatoms. The van der Waals surface area contributed by atoms with Gasteiger partial charge in [-0.1, -0.05) is 12.1 Å². The van der Waals surface area contributed by atoms with E-state index in [9.17, 15) is 0 Å². The van der Waals surface area contributed by atoms with E-state index in [1.54, 1.807) is 0 Å². The maximum Gasteiger partial charge on any atom is 0.232 e. The summed E-state index contributed by atoms with van der Waals surface area (Å²) in [5.74, 6) is 4.51. The highest BCUT2D eigenvalue weighted by Crippen LogP contribution is 2.33. The lowest BCUT2D eigenvalue weighted by Gasteiger charge is -2.15. The Morgan fingerprint density at radius 3 is 3.17 bits per heavy atom. The summed E-state index contributed by atoms with van der Waals surface area (Å²) in [6.45, 7) is 4.66. The summed E-state index contributed by atoms with van der Waals surface area (Å²) in [5, 5.41) is 7.63. The molecule has 18 heavy (non-hydrogen) atoms. The zero-order valence-electron chi connectivity index (χ0n) is 10.6. The highest BCUT2D eigenvalue weighted by molar-refractivity contribution is 7.99. The van der Waals surface area contributed by atoms with Crippen LogP contribution in [0.1, 0.15) is 36.9 Å². The molecule has 3 atom stereocenters. The van der Waals surface area contributed by atoms with E-state index in [0.29, 0.717) is 17.9 Å². The molecular weight excluding hydrogens is 250 g/mol. The first-order valence-electron chi connectivity index (χ1n) is 6.61. The molecule has 3 heterocycles. The maximum absolute atomic E-state index is 5.47. The SMILES string of the molecule is CCNC1CSCC1c1nc(C2CCOC2)no1. The molecule has 3 unspecified atom stereocenters. The minimum absolute atomic E-state index is 0.328. The summed E-state index contributed by atoms with van der Waals surface area (Å²) >= 11 is 1.95. The number of nitrogens with one attached hydrogen (secondary N) is 1. The van der Waals surface area contributed by atoms with E-state index in [4.69, 9.17) is 9.26 Å². The van der Waals surface area contributed by atoms with Gasteiger partial charge in [-0.15, -0.1) is 0 Å². The van der Waals surface area contributed by atoms with E-state index in [1.165, 1.54) is 0 Å². The van der Waals surface area contributed by atoms with Crippen molar-refractivity contribution in [3.63, 3.8) is 0 Å². The second-order valence-corrected chi connectivity index (χ2v) is 5.93. The molecule has 3 rings (SSSR count). The minimum Gasteiger partial charge on any atom is -0.381 e. The van der Waals surface area contributed by atoms with Gasteiger partial charge < -0.3 is 14.6 Å². The van der Waals surface area contributed by atoms with Crippen LogP contribution in [0.2, 0.25) is 0 Å². The fraction of sp³-hybridized carbons (Fsp3) is 0.833. The van der Waals surface area contributed by atoms with Gasteiger partial charge in [-0.3, -0.25) is 0 Å². The van der Waals surface area contributed by atoms with Gasteiger partial charge in [0.15, 0.2) is 5.82 Å². The molecule has 0 saturated carbocycles. The first-order valence-corrected chi connectivity index (χ1v) is 7.76. The Hall–Kier alpha value is -0.590. The third-order valence-electron chi connectivity index (χ3n) is 3.62. The standard InChI is InChI=1S/C12H19N3O2S/c1-2-13-10-7-18-6-9(10)12-14-11(15-17-12)8-3-4-16-5-8/h8-10,13H,2-7H2,1H3. The molecule has 2 fully saturated rings. The molecule has 0 radical (unpaired) electrons. The van der Waals surface area contributed by atoms with Crippen LogP contribution in [0, 0.1) is 0 Å². The summed E-state index contributed by atoms with van der Waals surface area (Å²) in [6.07, 6.45) is 1.01. The highest BCUT2D eigenvalue weighted by Gasteiger charge is 2.34. The van der Waals surface area contributed by atoms with Crippen LogP contribution in [-0.2, 0) is 4.74 Å². The molecule has 2 saturated heterocycles. The fourth-order valence-electron chi connectivity index (χ4n) is 2.56. The Bertz CT molecular complexity index is 392. The number of ether oxygens (including phenoxy) is 1. The molecule has 1 aromatic rings. The largest absolute Gasteiger partial charge is 0.381 e. The van der Waals surface area contributed by atoms with Crippen LogP contribution >= 0.6 is 11.8 Å². The van der Waals surface area contributed by atoms with Crippen LogP contribution in [0.5, 0.6) is 0 Å². The number of rotatable bonds is 4. The Morgan fingerprint density at radius 1 is 1.44 bits per heavy atom. The molecule has 0 spiro atoms. The first kappa shape index (κ1) is 12.4. The van der Waals surface area contributed by atoms with Crippen LogP contribution in [0.3, 0.4) is 0 Å². The van der Waals surface area contributed by atoms with Gasteiger partial charge in [-0.25, -0.2) is 0 Å². The zero-order valence-corrected chi connectivity index (χ0v) is 11.4. The van der Waals surface area contributed by atoms with Crippen molar-refractivity contribution in [2.45, 2.75) is 31.2 Å². The summed E-state index contributed by atoms with van der Waals surface area (Å²) in [7, 11) is 0. The van der Waals surface area contributed by atoms with Gasteiger partial charge in [0.25, 0.3) is 0 Å². The molecule has 0 amide bonds. The number of nitrogens with zero attached hydrogens (tertiary/aromatic N) is 2. The van der Waals surface area contributed by atoms with E-state index in [2.05, 4.69) is 22.4 Å². The number of hydrogen-bond acceptors (Lipinski definition) is 6. The second-order valence-electron chi connectivity index (χ2n) is 4.86. The number of thioether (sulfide) groups is 1. The molecule has 1 aromatic heterocycles. The normalized spacial score (nSPS) is 32.2. The Morgan fingerprint density at radius 2 is 2.39 bits per heavy atom. The van der Waals surface area contributed by atoms with E-state index in [0.717, 1.165) is 49.4 Å². The topological polar surface area (TPSA) is 60.2 Å². The van der Waals surface area contributed by atoms with Crippen LogP contribution in [0.4, 0.5) is 0 Å². The van der Waals surface area contributed by atoms with Gasteiger partial charge >= 0.3 is 0 Å². The molecule has 0 bridgehead atoms. The van der Waals surface area contributed by atoms with Gasteiger partial charge in [0.2, 0.25) is 5.89 Å². The van der Waals surface area contributed by atoms with E-state index >= 15 is 0 Å². The second kappa shape index (κ2) is 5.59. The van der Waals surface area contributed by atoms with Gasteiger partial charge in [0.05, 0.1) is 12.5 Å². The van der Waals surface area contributed by atoms with Crippen molar-refractivity contribution in [2.75, 3.05) is 31.3 Å². The van der Waals surface area contributed by atoms with Crippen molar-refractivity contribution in [3.8, 4) is 0 Å². The van der Waals surface area contributed by atoms with Gasteiger partial charge in [-0.2, -0.15) is 16.7 Å². The Balaban J connectivity index is 1.71. The fourth-order valence-corrected chi connectivity index (χ4v) is 3.93. The van der Waals surface area contributed by atoms with E-state index in [1.807, 2.05) is 11.8 Å². The molecule has 0 aromatic carbocycles. The van der Waals surface area contributed by atoms with Gasteiger partial charge in [-0.05, 0) is 13.0 Å². The Kier molecular flexibility index (Phi) is 3.86. The van der Waals surface area contributed by atoms with E-state index < -0.39 is 0 Å². The van der Waals surface area contributed by atoms with E-state index in [-0.39, 0.29) is 0 Å². The lowest BCUT2D eigenvalue weighted by Crippen LogP contribution is -2.34. The molecular formula is C12H19N3O2S. The van der Waals surface area contributed by atoms with Crippen molar-refractivity contribution >= 4 is 11.8 Å². The summed E-state index contributed by atoms with van der Waals surface area (Å²) < 4.78 is 10.8. The Labute approximate surface area is 111 Å². The quantitative estimate of drug-likeness (QED) is 0.891. The average molecular weight is 269 g/mol. The average Bonchev–Trinajstić information content (AvgIpc) is 3.10. The number of hydrogen-bond donors (Lipinski definition) is 1. The van der Waals surface area contributed by atoms with Gasteiger partial charge in [0.1, 0.15) is 0 Å². The number of likely N-dealkylation sites (N-methyl/N-ethyl adjacent to an activating group) is 1. The smallest absolute Gasteiger partial charge is 0.232 e. The third kappa shape index (κ3) is 2.41. The molecule has 5 nitrogen and oxygen atoms in total. The van der Waals surface area contributed by atoms with Crippen molar-refractivity contribution in [2.24, 2.45) is 0 Å². The van der Waals surface area contributed by atoms with Crippen molar-refractivity contribution in [3.05, 3.63) is 11.7 Å². The zero-order chi connectivity index (χ0) is 12.4. The minimum atomic E-state index is 0.328. The summed E-state index contributed by atoms with van der Waals surface area (Å²) in [5.41, 5.74) is 0. The van der Waals surface area contributed by atoms with Crippen molar-refractivity contribution in [1.29, 1.82) is 0 Å². The lowest BCUT2D eigenvalue weighted by molar-refractivity contribution is 0.192. The predicted molar refractivity (Wildman–Crippen MR) is 70.0 cm³/mol. The molecule has 100 valence electrons. The summed E-state index contributed by atoms with van der Waals surface area (Å²) in [4.78, 5) is 4.60. The summed E-state index contributed by atoms with van der Waals surface area (Å²) in [6, 6.07) is 0.466. The van der Waals surface area contributed by atoms with Crippen LogP contribution < -0.4 is 5.32 Å². The molecule has 0 aliphatic carbocycles. The monoisotopic (exact) mass is 269 g/mol. The van der Waals surface area contributed by atoms with Crippen molar-refractivity contribution < 1.29 is 9.26 Å². The lowest BCUT2D eigenvalue weighted by atomic mass is 10.0. The predicted octanol–water partition coefficient (Wildman–Crippen LogP) is 1.38. The van der Waals surface area contributed by atoms with Gasteiger partial charge in [0, 0.05) is 30.1 Å². The highest BCUT2D eigenvalue weighted by atomic mass is 32.2. The maximum atomic E-state index is 5.47. The molecule has 1 N–H and O–H groups in total. The molecule has 2 aliphatic rings. The third-order valence-corrected chi connectivity index (χ3v) is 4.81. The molecule has 2 aliphatic heterocycles. The van der Waals surface area contributed by atoms with Crippen molar-refractivity contribution in [1.82, 2.24) is 15.5 Å². The van der Waals surface area contributed by atoms with Crippen LogP contribution in [0.15, 0.2) is 4.52 Å². The number of aromatic nitrogens is 2.